The topological polar surface area (TPSA) is 83.3 Å². The number of nitrogens with zero attached hydrogens (tertiary/aromatic N) is 2. The number of pyridine rings is 1. The van der Waals surface area contributed by atoms with E-state index in [2.05, 4.69) is 20.6 Å². The summed E-state index contributed by atoms with van der Waals surface area (Å²) in [5.41, 5.74) is 2.99. The van der Waals surface area contributed by atoms with Gasteiger partial charge in [0, 0.05) is 18.8 Å². The Labute approximate surface area is 119 Å². The Balaban J connectivity index is 1.82. The molecular weight excluding hydrogens is 254 g/mol. The molecule has 6 nitrogen and oxygen atoms in total. The molecule has 0 aromatic carbocycles. The maximum absolute atomic E-state index is 12.1. The molecule has 0 spiro atoms. The lowest BCUT2D eigenvalue weighted by Crippen LogP contribution is -2.43. The summed E-state index contributed by atoms with van der Waals surface area (Å²) in [4.78, 5) is 18.5. The fraction of sp³-hybridized carbons (Fsp3) is 0.571. The van der Waals surface area contributed by atoms with Gasteiger partial charge in [0.25, 0.3) is 5.91 Å². The number of piperidine rings is 1. The SMILES string of the molecule is CC(CN1CCCCC1)NC(=O)c1ccc(NN)nc1. The Morgan fingerprint density at radius 2 is 2.15 bits per heavy atom. The van der Waals surface area contributed by atoms with E-state index in [0.29, 0.717) is 11.4 Å². The maximum Gasteiger partial charge on any atom is 0.253 e. The van der Waals surface area contributed by atoms with Crippen LogP contribution in [0.15, 0.2) is 18.3 Å². The quantitative estimate of drug-likeness (QED) is 0.552. The number of aromatic nitrogens is 1. The summed E-state index contributed by atoms with van der Waals surface area (Å²) in [5, 5.41) is 3.01. The van der Waals surface area contributed by atoms with E-state index >= 15 is 0 Å². The highest BCUT2D eigenvalue weighted by atomic mass is 16.1. The van der Waals surface area contributed by atoms with Crippen molar-refractivity contribution in [3.05, 3.63) is 23.9 Å². The van der Waals surface area contributed by atoms with Crippen LogP contribution < -0.4 is 16.6 Å². The molecule has 1 aromatic heterocycles. The number of hydrogen-bond acceptors (Lipinski definition) is 5. The molecule has 0 aliphatic carbocycles. The summed E-state index contributed by atoms with van der Waals surface area (Å²) < 4.78 is 0. The summed E-state index contributed by atoms with van der Waals surface area (Å²) in [7, 11) is 0. The largest absolute Gasteiger partial charge is 0.348 e. The van der Waals surface area contributed by atoms with Crippen molar-refractivity contribution in [1.29, 1.82) is 0 Å². The first-order valence-electron chi connectivity index (χ1n) is 7.15. The van der Waals surface area contributed by atoms with Crippen molar-refractivity contribution in [1.82, 2.24) is 15.2 Å². The molecule has 0 bridgehead atoms. The molecule has 20 heavy (non-hydrogen) atoms. The van der Waals surface area contributed by atoms with Crippen LogP contribution in [-0.2, 0) is 0 Å². The van der Waals surface area contributed by atoms with E-state index < -0.39 is 0 Å². The van der Waals surface area contributed by atoms with Crippen LogP contribution in [0.1, 0.15) is 36.5 Å². The number of carbonyl (C=O) groups excluding carboxylic acids is 1. The monoisotopic (exact) mass is 277 g/mol. The highest BCUT2D eigenvalue weighted by molar-refractivity contribution is 5.94. The average Bonchev–Trinajstić information content (AvgIpc) is 2.48. The number of likely N-dealkylation sites (tertiary alicyclic amines) is 1. The minimum atomic E-state index is -0.0921. The van der Waals surface area contributed by atoms with Crippen molar-refractivity contribution in [3.63, 3.8) is 0 Å². The zero-order valence-corrected chi connectivity index (χ0v) is 11.9. The van der Waals surface area contributed by atoms with E-state index in [9.17, 15) is 4.79 Å². The van der Waals surface area contributed by atoms with Gasteiger partial charge in [-0.25, -0.2) is 10.8 Å². The van der Waals surface area contributed by atoms with Crippen molar-refractivity contribution in [2.45, 2.75) is 32.2 Å². The molecule has 1 fully saturated rings. The Morgan fingerprint density at radius 3 is 2.75 bits per heavy atom. The standard InChI is InChI=1S/C14H23N5O/c1-11(10-19-7-3-2-4-8-19)17-14(20)12-5-6-13(18-15)16-9-12/h5-6,9,11H,2-4,7-8,10,15H2,1H3,(H,16,18)(H,17,20). The molecule has 2 rings (SSSR count). The van der Waals surface area contributed by atoms with Crippen LogP contribution in [0.25, 0.3) is 0 Å². The molecule has 1 unspecified atom stereocenters. The lowest BCUT2D eigenvalue weighted by molar-refractivity contribution is 0.0925. The number of amides is 1. The second-order valence-electron chi connectivity index (χ2n) is 5.31. The lowest BCUT2D eigenvalue weighted by atomic mass is 10.1. The van der Waals surface area contributed by atoms with Gasteiger partial charge < -0.3 is 15.6 Å². The zero-order chi connectivity index (χ0) is 14.4. The minimum absolute atomic E-state index is 0.0921. The van der Waals surface area contributed by atoms with Gasteiger partial charge in [0.15, 0.2) is 0 Å². The lowest BCUT2D eigenvalue weighted by Gasteiger charge is -2.29. The first-order chi connectivity index (χ1) is 9.69. The highest BCUT2D eigenvalue weighted by Crippen LogP contribution is 2.09. The molecule has 1 aliphatic heterocycles. The number of anilines is 1. The number of nitrogens with two attached hydrogens (primary N) is 1. The molecular formula is C14H23N5O. The van der Waals surface area contributed by atoms with Crippen LogP contribution in [0.2, 0.25) is 0 Å². The summed E-state index contributed by atoms with van der Waals surface area (Å²) in [6, 6.07) is 3.53. The summed E-state index contributed by atoms with van der Waals surface area (Å²) in [6.07, 6.45) is 5.37. The van der Waals surface area contributed by atoms with E-state index in [-0.39, 0.29) is 11.9 Å². The number of hydrogen-bond donors (Lipinski definition) is 3. The molecule has 2 heterocycles. The van der Waals surface area contributed by atoms with Crippen molar-refractivity contribution in [2.75, 3.05) is 25.1 Å². The molecule has 6 heteroatoms. The predicted molar refractivity (Wildman–Crippen MR) is 79.3 cm³/mol. The van der Waals surface area contributed by atoms with Gasteiger partial charge in [-0.05, 0) is 45.0 Å². The van der Waals surface area contributed by atoms with Crippen LogP contribution >= 0.6 is 0 Å². The van der Waals surface area contributed by atoms with Gasteiger partial charge in [0.2, 0.25) is 0 Å². The Bertz CT molecular complexity index is 428. The highest BCUT2D eigenvalue weighted by Gasteiger charge is 2.15. The van der Waals surface area contributed by atoms with E-state index in [4.69, 9.17) is 5.84 Å². The van der Waals surface area contributed by atoms with Gasteiger partial charge in [-0.3, -0.25) is 4.79 Å². The van der Waals surface area contributed by atoms with Crippen LogP contribution in [0.4, 0.5) is 5.82 Å². The smallest absolute Gasteiger partial charge is 0.253 e. The van der Waals surface area contributed by atoms with Crippen molar-refractivity contribution in [3.8, 4) is 0 Å². The van der Waals surface area contributed by atoms with E-state index in [1.807, 2.05) is 6.92 Å². The van der Waals surface area contributed by atoms with Crippen molar-refractivity contribution in [2.24, 2.45) is 5.84 Å². The predicted octanol–water partition coefficient (Wildman–Crippen LogP) is 0.971. The number of nitrogen functional groups attached to an aromatic ring is 1. The summed E-state index contributed by atoms with van der Waals surface area (Å²) in [5.74, 6) is 5.69. The van der Waals surface area contributed by atoms with Crippen LogP contribution in [0.5, 0.6) is 0 Å². The third-order valence-electron chi connectivity index (χ3n) is 3.53. The molecule has 1 amide bonds. The number of rotatable bonds is 5. The van der Waals surface area contributed by atoms with Gasteiger partial charge in [0.05, 0.1) is 5.56 Å². The maximum atomic E-state index is 12.1. The number of hydrazine groups is 1. The average molecular weight is 277 g/mol. The molecule has 4 N–H and O–H groups in total. The fourth-order valence-corrected chi connectivity index (χ4v) is 2.50. The molecule has 110 valence electrons. The number of nitrogens with one attached hydrogen (secondary N) is 2. The van der Waals surface area contributed by atoms with Gasteiger partial charge in [-0.2, -0.15) is 0 Å². The van der Waals surface area contributed by atoms with Crippen LogP contribution in [-0.4, -0.2) is 41.5 Å². The molecule has 1 aliphatic rings. The van der Waals surface area contributed by atoms with Crippen molar-refractivity contribution >= 4 is 11.7 Å². The summed E-state index contributed by atoms with van der Waals surface area (Å²) in [6.45, 7) is 5.22. The van der Waals surface area contributed by atoms with E-state index in [1.165, 1.54) is 25.5 Å². The second-order valence-corrected chi connectivity index (χ2v) is 5.31. The summed E-state index contributed by atoms with van der Waals surface area (Å²) >= 11 is 0. The van der Waals surface area contributed by atoms with Crippen LogP contribution in [0.3, 0.4) is 0 Å². The zero-order valence-electron chi connectivity index (χ0n) is 11.9. The normalized spacial score (nSPS) is 17.5. The second kappa shape index (κ2) is 7.21. The molecule has 1 aromatic rings. The minimum Gasteiger partial charge on any atom is -0.348 e. The Morgan fingerprint density at radius 1 is 1.40 bits per heavy atom. The van der Waals surface area contributed by atoms with Gasteiger partial charge in [-0.1, -0.05) is 6.42 Å². The van der Waals surface area contributed by atoms with E-state index in [1.54, 1.807) is 12.1 Å². The molecule has 0 saturated carbocycles. The molecule has 1 atom stereocenters. The third kappa shape index (κ3) is 4.18. The van der Waals surface area contributed by atoms with Gasteiger partial charge in [0.1, 0.15) is 5.82 Å². The Kier molecular flexibility index (Phi) is 5.31. The fourth-order valence-electron chi connectivity index (χ4n) is 2.50. The molecule has 0 radical (unpaired) electrons. The third-order valence-corrected chi connectivity index (χ3v) is 3.53. The first kappa shape index (κ1) is 14.7. The molecule has 1 saturated heterocycles. The van der Waals surface area contributed by atoms with E-state index in [0.717, 1.165) is 19.6 Å². The van der Waals surface area contributed by atoms with Crippen LogP contribution in [0, 0.1) is 0 Å². The number of carbonyl (C=O) groups is 1. The first-order valence-corrected chi connectivity index (χ1v) is 7.15. The Hall–Kier alpha value is -1.66. The van der Waals surface area contributed by atoms with Crippen molar-refractivity contribution < 1.29 is 4.79 Å². The van der Waals surface area contributed by atoms with Gasteiger partial charge in [-0.15, -0.1) is 0 Å². The van der Waals surface area contributed by atoms with Gasteiger partial charge >= 0.3 is 0 Å².